The van der Waals surface area contributed by atoms with Crippen molar-refractivity contribution in [1.82, 2.24) is 9.97 Å². The maximum absolute atomic E-state index is 11.6. The van der Waals surface area contributed by atoms with Crippen molar-refractivity contribution in [3.8, 4) is 0 Å². The predicted octanol–water partition coefficient (Wildman–Crippen LogP) is 1.49. The second-order valence-electron chi connectivity index (χ2n) is 5.40. The second kappa shape index (κ2) is 6.07. The summed E-state index contributed by atoms with van der Waals surface area (Å²) in [6, 6.07) is -0.253. The lowest BCUT2D eigenvalue weighted by atomic mass is 10.0. The molecule has 1 aromatic rings. The molecule has 2 heterocycles. The summed E-state index contributed by atoms with van der Waals surface area (Å²) in [6.45, 7) is 7.87. The highest BCUT2D eigenvalue weighted by molar-refractivity contribution is 5.84. The van der Waals surface area contributed by atoms with E-state index in [1.54, 1.807) is 6.33 Å². The summed E-state index contributed by atoms with van der Waals surface area (Å²) in [6.07, 6.45) is 3.31. The number of amides is 1. The fourth-order valence-electron chi connectivity index (χ4n) is 2.77. The van der Waals surface area contributed by atoms with Gasteiger partial charge in [-0.3, -0.25) is 4.79 Å². The fourth-order valence-corrected chi connectivity index (χ4v) is 2.77. The van der Waals surface area contributed by atoms with Gasteiger partial charge in [-0.05, 0) is 25.7 Å². The quantitative estimate of drug-likeness (QED) is 0.851. The third-order valence-corrected chi connectivity index (χ3v) is 3.64. The van der Waals surface area contributed by atoms with Crippen LogP contribution in [0.25, 0.3) is 0 Å². The zero-order valence-corrected chi connectivity index (χ0v) is 12.4. The van der Waals surface area contributed by atoms with Crippen LogP contribution in [0.1, 0.15) is 45.1 Å². The first-order valence-corrected chi connectivity index (χ1v) is 7.21. The van der Waals surface area contributed by atoms with Crippen molar-refractivity contribution < 1.29 is 4.79 Å². The first kappa shape index (κ1) is 14.6. The number of nitrogens with two attached hydrogens (primary N) is 1. The van der Waals surface area contributed by atoms with Crippen molar-refractivity contribution in [1.29, 1.82) is 0 Å². The number of hydrogen-bond acceptors (Lipinski definition) is 5. The van der Waals surface area contributed by atoms with Crippen LogP contribution in [-0.2, 0) is 4.79 Å². The van der Waals surface area contributed by atoms with Gasteiger partial charge in [-0.2, -0.15) is 0 Å². The van der Waals surface area contributed by atoms with Crippen molar-refractivity contribution in [2.45, 2.75) is 45.6 Å². The van der Waals surface area contributed by atoms with Gasteiger partial charge in [-0.25, -0.2) is 9.97 Å². The fraction of sp³-hybridized carbons (Fsp3) is 0.643. The molecule has 20 heavy (non-hydrogen) atoms. The van der Waals surface area contributed by atoms with Gasteiger partial charge in [0.1, 0.15) is 24.0 Å². The van der Waals surface area contributed by atoms with Crippen LogP contribution in [0.15, 0.2) is 6.33 Å². The minimum atomic E-state index is -0.277. The van der Waals surface area contributed by atoms with E-state index in [0.29, 0.717) is 0 Å². The van der Waals surface area contributed by atoms with Gasteiger partial charge in [0.2, 0.25) is 5.91 Å². The summed E-state index contributed by atoms with van der Waals surface area (Å²) in [5.74, 6) is 1.69. The van der Waals surface area contributed by atoms with Crippen molar-refractivity contribution in [3.63, 3.8) is 0 Å². The summed E-state index contributed by atoms with van der Waals surface area (Å²) in [4.78, 5) is 22.4. The molecule has 0 bridgehead atoms. The van der Waals surface area contributed by atoms with Gasteiger partial charge in [0.15, 0.2) is 0 Å². The first-order valence-electron chi connectivity index (χ1n) is 7.21. The van der Waals surface area contributed by atoms with E-state index in [1.807, 2.05) is 11.8 Å². The summed E-state index contributed by atoms with van der Waals surface area (Å²) in [7, 11) is 0. The number of rotatable bonds is 5. The third kappa shape index (κ3) is 2.69. The molecule has 1 amide bonds. The summed E-state index contributed by atoms with van der Waals surface area (Å²) >= 11 is 0. The molecule has 1 aliphatic heterocycles. The molecule has 6 nitrogen and oxygen atoms in total. The van der Waals surface area contributed by atoms with Gasteiger partial charge in [0.25, 0.3) is 0 Å². The first-order chi connectivity index (χ1) is 9.56. The van der Waals surface area contributed by atoms with Gasteiger partial charge in [-0.1, -0.05) is 13.8 Å². The maximum atomic E-state index is 11.6. The van der Waals surface area contributed by atoms with E-state index in [9.17, 15) is 4.79 Å². The second-order valence-corrected chi connectivity index (χ2v) is 5.40. The Hall–Kier alpha value is -1.85. The number of carbonyl (C=O) groups is 1. The number of nitrogens with one attached hydrogen (secondary N) is 1. The highest BCUT2D eigenvalue weighted by Gasteiger charge is 2.32. The molecule has 0 saturated carbocycles. The third-order valence-electron chi connectivity index (χ3n) is 3.64. The average Bonchev–Trinajstić information content (AvgIpc) is 2.87. The maximum Gasteiger partial charge on any atom is 0.240 e. The largest absolute Gasteiger partial charge is 0.370 e. The molecule has 0 spiro atoms. The Morgan fingerprint density at radius 2 is 2.30 bits per heavy atom. The Balaban J connectivity index is 2.45. The number of hydrogen-bond donors (Lipinski definition) is 2. The molecular formula is C14H23N5O. The highest BCUT2D eigenvalue weighted by Crippen LogP contribution is 2.34. The number of primary amides is 1. The van der Waals surface area contributed by atoms with E-state index in [0.717, 1.165) is 43.1 Å². The Bertz CT molecular complexity index is 488. The molecule has 1 fully saturated rings. The minimum Gasteiger partial charge on any atom is -0.370 e. The smallest absolute Gasteiger partial charge is 0.240 e. The Labute approximate surface area is 119 Å². The lowest BCUT2D eigenvalue weighted by Crippen LogP contribution is -2.41. The lowest BCUT2D eigenvalue weighted by molar-refractivity contribution is -0.119. The number of nitrogens with zero attached hydrogens (tertiary/aromatic N) is 3. The van der Waals surface area contributed by atoms with E-state index in [4.69, 9.17) is 5.73 Å². The molecule has 0 radical (unpaired) electrons. The summed E-state index contributed by atoms with van der Waals surface area (Å²) < 4.78 is 0. The molecule has 0 aromatic carbocycles. The zero-order chi connectivity index (χ0) is 14.7. The lowest BCUT2D eigenvalue weighted by Gasteiger charge is -2.27. The van der Waals surface area contributed by atoms with Crippen LogP contribution < -0.4 is 16.0 Å². The van der Waals surface area contributed by atoms with E-state index in [-0.39, 0.29) is 17.9 Å². The Morgan fingerprint density at radius 3 is 2.90 bits per heavy atom. The standard InChI is InChI=1S/C14H23N5O/c1-4-16-13-11(9(2)3)14(18-8-17-13)19-7-5-6-10(19)12(15)20/h8-10H,4-7H2,1-3H3,(H2,15,20)(H,16,17,18). The Kier molecular flexibility index (Phi) is 4.42. The van der Waals surface area contributed by atoms with Gasteiger partial charge < -0.3 is 16.0 Å². The molecule has 0 aliphatic carbocycles. The van der Waals surface area contributed by atoms with Crippen LogP contribution >= 0.6 is 0 Å². The van der Waals surface area contributed by atoms with Crippen LogP contribution in [0.5, 0.6) is 0 Å². The van der Waals surface area contributed by atoms with Crippen molar-refractivity contribution >= 4 is 17.5 Å². The van der Waals surface area contributed by atoms with E-state index >= 15 is 0 Å². The number of carbonyl (C=O) groups excluding carboxylic acids is 1. The van der Waals surface area contributed by atoms with Crippen molar-refractivity contribution in [3.05, 3.63) is 11.9 Å². The molecule has 1 saturated heterocycles. The predicted molar refractivity (Wildman–Crippen MR) is 79.8 cm³/mol. The Morgan fingerprint density at radius 1 is 1.55 bits per heavy atom. The zero-order valence-electron chi connectivity index (χ0n) is 12.4. The van der Waals surface area contributed by atoms with Crippen LogP contribution in [0.3, 0.4) is 0 Å². The highest BCUT2D eigenvalue weighted by atomic mass is 16.1. The minimum absolute atomic E-state index is 0.253. The number of aromatic nitrogens is 2. The van der Waals surface area contributed by atoms with Gasteiger partial charge in [0.05, 0.1) is 0 Å². The molecule has 1 unspecified atom stereocenters. The topological polar surface area (TPSA) is 84.1 Å². The van der Waals surface area contributed by atoms with E-state index in [1.165, 1.54) is 0 Å². The van der Waals surface area contributed by atoms with E-state index in [2.05, 4.69) is 29.1 Å². The van der Waals surface area contributed by atoms with Gasteiger partial charge >= 0.3 is 0 Å². The molecule has 1 aliphatic rings. The van der Waals surface area contributed by atoms with E-state index < -0.39 is 0 Å². The van der Waals surface area contributed by atoms with Crippen LogP contribution in [0, 0.1) is 0 Å². The monoisotopic (exact) mass is 277 g/mol. The molecule has 2 rings (SSSR count). The molecule has 1 atom stereocenters. The van der Waals surface area contributed by atoms with Gasteiger partial charge in [-0.15, -0.1) is 0 Å². The average molecular weight is 277 g/mol. The molecule has 1 aromatic heterocycles. The molecule has 3 N–H and O–H groups in total. The van der Waals surface area contributed by atoms with Crippen molar-refractivity contribution in [2.75, 3.05) is 23.3 Å². The van der Waals surface area contributed by atoms with Gasteiger partial charge in [0, 0.05) is 18.7 Å². The SMILES string of the molecule is CCNc1ncnc(N2CCCC2C(N)=O)c1C(C)C. The van der Waals surface area contributed by atoms with Crippen LogP contribution in [0.4, 0.5) is 11.6 Å². The number of anilines is 2. The molecule has 110 valence electrons. The normalized spacial score (nSPS) is 18.6. The van der Waals surface area contributed by atoms with Crippen molar-refractivity contribution in [2.24, 2.45) is 5.73 Å². The molecular weight excluding hydrogens is 254 g/mol. The summed E-state index contributed by atoms with van der Waals surface area (Å²) in [5.41, 5.74) is 6.57. The molecule has 6 heteroatoms. The van der Waals surface area contributed by atoms with Crippen LogP contribution in [0.2, 0.25) is 0 Å². The summed E-state index contributed by atoms with van der Waals surface area (Å²) in [5, 5.41) is 3.27. The van der Waals surface area contributed by atoms with Crippen LogP contribution in [-0.4, -0.2) is 35.0 Å².